The molecule has 1 rings (SSSR count). The molecule has 0 saturated heterocycles. The number of carboxylic acid groups (broad SMARTS) is 1. The fourth-order valence-corrected chi connectivity index (χ4v) is 1.59. The van der Waals surface area contributed by atoms with Crippen molar-refractivity contribution in [3.63, 3.8) is 0 Å². The van der Waals surface area contributed by atoms with Gasteiger partial charge in [0.1, 0.15) is 6.54 Å². The molecule has 0 saturated carbocycles. The van der Waals surface area contributed by atoms with Crippen LogP contribution in [0.5, 0.6) is 0 Å². The second-order valence-corrected chi connectivity index (χ2v) is 4.31. The first-order valence-electron chi connectivity index (χ1n) is 5.55. The van der Waals surface area contributed by atoms with E-state index in [1.165, 1.54) is 17.2 Å². The molecular weight excluding hydrogens is 236 g/mol. The van der Waals surface area contributed by atoms with Gasteiger partial charge in [-0.2, -0.15) is 0 Å². The van der Waals surface area contributed by atoms with Crippen LogP contribution in [0, 0.1) is 6.92 Å². The van der Waals surface area contributed by atoms with Gasteiger partial charge < -0.3 is 15.0 Å². The van der Waals surface area contributed by atoms with Gasteiger partial charge in [-0.25, -0.2) is 0 Å². The van der Waals surface area contributed by atoms with Gasteiger partial charge in [0.15, 0.2) is 0 Å². The smallest absolute Gasteiger partial charge is 0.323 e. The van der Waals surface area contributed by atoms with Crippen molar-refractivity contribution in [3.05, 3.63) is 33.7 Å². The molecule has 1 aromatic rings. The maximum absolute atomic E-state index is 12.2. The van der Waals surface area contributed by atoms with Crippen molar-refractivity contribution in [2.45, 2.75) is 26.8 Å². The zero-order valence-electron chi connectivity index (χ0n) is 10.6. The number of carbonyl (C=O) groups is 2. The minimum atomic E-state index is -1.07. The summed E-state index contributed by atoms with van der Waals surface area (Å²) in [4.78, 5) is 37.7. The number of aryl methyl sites for hydroxylation is 1. The molecule has 0 atom stereocenters. The van der Waals surface area contributed by atoms with E-state index in [1.54, 1.807) is 20.8 Å². The van der Waals surface area contributed by atoms with E-state index >= 15 is 0 Å². The third-order valence-electron chi connectivity index (χ3n) is 2.55. The number of aliphatic carboxylic acids is 1. The second kappa shape index (κ2) is 5.48. The van der Waals surface area contributed by atoms with Crippen molar-refractivity contribution in [1.82, 2.24) is 9.88 Å². The fourth-order valence-electron chi connectivity index (χ4n) is 1.59. The summed E-state index contributed by atoms with van der Waals surface area (Å²) in [6, 6.07) is 1.08. The molecule has 0 aliphatic rings. The number of nitrogens with one attached hydrogen (secondary N) is 1. The molecule has 0 aliphatic carbocycles. The van der Waals surface area contributed by atoms with Crippen molar-refractivity contribution in [3.8, 4) is 0 Å². The standard InChI is InChI=1S/C12H16N2O4/c1-7(2)14(6-11(16)17)12(18)9-5-13-10(15)4-8(9)3/h4-5,7H,6H2,1-3H3,(H,13,15)(H,16,17). The molecule has 1 aromatic heterocycles. The van der Waals surface area contributed by atoms with Gasteiger partial charge in [0.05, 0.1) is 5.56 Å². The summed E-state index contributed by atoms with van der Waals surface area (Å²) in [5, 5.41) is 8.79. The van der Waals surface area contributed by atoms with Crippen LogP contribution in [0.1, 0.15) is 29.8 Å². The average Bonchev–Trinajstić information content (AvgIpc) is 2.24. The highest BCUT2D eigenvalue weighted by molar-refractivity contribution is 5.97. The van der Waals surface area contributed by atoms with Crippen LogP contribution in [0.15, 0.2) is 17.1 Å². The first kappa shape index (κ1) is 14.0. The Balaban J connectivity index is 3.09. The topological polar surface area (TPSA) is 90.5 Å². The SMILES string of the molecule is Cc1cc(=O)[nH]cc1C(=O)N(CC(=O)O)C(C)C. The van der Waals surface area contributed by atoms with E-state index < -0.39 is 11.9 Å². The Hall–Kier alpha value is -2.11. The van der Waals surface area contributed by atoms with Crippen LogP contribution in [0.2, 0.25) is 0 Å². The van der Waals surface area contributed by atoms with Gasteiger partial charge in [-0.05, 0) is 26.3 Å². The minimum absolute atomic E-state index is 0.236. The van der Waals surface area contributed by atoms with Gasteiger partial charge in [0, 0.05) is 18.3 Å². The zero-order valence-corrected chi connectivity index (χ0v) is 10.6. The number of pyridine rings is 1. The molecule has 0 unspecified atom stereocenters. The van der Waals surface area contributed by atoms with Gasteiger partial charge >= 0.3 is 5.97 Å². The molecular formula is C12H16N2O4. The number of H-pyrrole nitrogens is 1. The van der Waals surface area contributed by atoms with E-state index in [1.807, 2.05) is 0 Å². The van der Waals surface area contributed by atoms with Crippen molar-refractivity contribution in [1.29, 1.82) is 0 Å². The van der Waals surface area contributed by atoms with Crippen LogP contribution in [-0.4, -0.2) is 39.5 Å². The summed E-state index contributed by atoms with van der Waals surface area (Å²) in [7, 11) is 0. The Kier molecular flexibility index (Phi) is 4.25. The van der Waals surface area contributed by atoms with E-state index in [2.05, 4.69) is 4.98 Å². The van der Waals surface area contributed by atoms with Crippen LogP contribution in [0.3, 0.4) is 0 Å². The van der Waals surface area contributed by atoms with Gasteiger partial charge in [-0.15, -0.1) is 0 Å². The average molecular weight is 252 g/mol. The van der Waals surface area contributed by atoms with Crippen molar-refractivity contribution < 1.29 is 14.7 Å². The van der Waals surface area contributed by atoms with Crippen LogP contribution in [0.25, 0.3) is 0 Å². The summed E-state index contributed by atoms with van der Waals surface area (Å²) < 4.78 is 0. The number of hydrogen-bond acceptors (Lipinski definition) is 3. The predicted molar refractivity (Wildman–Crippen MR) is 65.6 cm³/mol. The Bertz CT molecular complexity index is 519. The number of carboxylic acids is 1. The summed E-state index contributed by atoms with van der Waals surface area (Å²) in [5.41, 5.74) is 0.544. The number of rotatable bonds is 4. The summed E-state index contributed by atoms with van der Waals surface area (Å²) in [6.07, 6.45) is 1.32. The lowest BCUT2D eigenvalue weighted by atomic mass is 10.1. The van der Waals surface area contributed by atoms with Crippen LogP contribution in [0.4, 0.5) is 0 Å². The molecule has 0 radical (unpaired) electrons. The lowest BCUT2D eigenvalue weighted by molar-refractivity contribution is -0.138. The van der Waals surface area contributed by atoms with E-state index in [9.17, 15) is 14.4 Å². The number of nitrogens with zero attached hydrogens (tertiary/aromatic N) is 1. The molecule has 0 fully saturated rings. The van der Waals surface area contributed by atoms with Crippen molar-refractivity contribution in [2.75, 3.05) is 6.54 Å². The lowest BCUT2D eigenvalue weighted by Crippen LogP contribution is -2.41. The van der Waals surface area contributed by atoms with E-state index in [-0.39, 0.29) is 18.1 Å². The third kappa shape index (κ3) is 3.19. The Labute approximate surface area is 104 Å². The number of hydrogen-bond donors (Lipinski definition) is 2. The predicted octanol–water partition coefficient (Wildman–Crippen LogP) is 0.619. The molecule has 2 N–H and O–H groups in total. The minimum Gasteiger partial charge on any atom is -0.480 e. The van der Waals surface area contributed by atoms with Gasteiger partial charge in [0.25, 0.3) is 5.91 Å². The van der Waals surface area contributed by atoms with Gasteiger partial charge in [-0.3, -0.25) is 14.4 Å². The fraction of sp³-hybridized carbons (Fsp3) is 0.417. The number of amides is 1. The number of aromatic amines is 1. The molecule has 1 amide bonds. The number of carbonyl (C=O) groups excluding carboxylic acids is 1. The molecule has 98 valence electrons. The van der Waals surface area contributed by atoms with Crippen LogP contribution >= 0.6 is 0 Å². The normalized spacial score (nSPS) is 10.4. The first-order valence-corrected chi connectivity index (χ1v) is 5.55. The van der Waals surface area contributed by atoms with E-state index in [0.717, 1.165) is 0 Å². The third-order valence-corrected chi connectivity index (χ3v) is 2.55. The highest BCUT2D eigenvalue weighted by Crippen LogP contribution is 2.10. The molecule has 0 bridgehead atoms. The Morgan fingerprint density at radius 1 is 1.44 bits per heavy atom. The summed E-state index contributed by atoms with van der Waals surface area (Å²) in [5.74, 6) is -1.47. The molecule has 0 aliphatic heterocycles. The maximum atomic E-state index is 12.2. The second-order valence-electron chi connectivity index (χ2n) is 4.31. The van der Waals surface area contributed by atoms with E-state index in [0.29, 0.717) is 11.1 Å². The highest BCUT2D eigenvalue weighted by atomic mass is 16.4. The molecule has 6 nitrogen and oxygen atoms in total. The van der Waals surface area contributed by atoms with Gasteiger partial charge in [-0.1, -0.05) is 0 Å². The Morgan fingerprint density at radius 3 is 2.50 bits per heavy atom. The Morgan fingerprint density at radius 2 is 2.06 bits per heavy atom. The monoisotopic (exact) mass is 252 g/mol. The van der Waals surface area contributed by atoms with E-state index in [4.69, 9.17) is 5.11 Å². The molecule has 1 heterocycles. The lowest BCUT2D eigenvalue weighted by Gasteiger charge is -2.25. The summed E-state index contributed by atoms with van der Waals surface area (Å²) in [6.45, 7) is 4.75. The van der Waals surface area contributed by atoms with Crippen molar-refractivity contribution >= 4 is 11.9 Å². The highest BCUT2D eigenvalue weighted by Gasteiger charge is 2.22. The van der Waals surface area contributed by atoms with Crippen LogP contribution in [-0.2, 0) is 4.79 Å². The number of aromatic nitrogens is 1. The van der Waals surface area contributed by atoms with Crippen molar-refractivity contribution in [2.24, 2.45) is 0 Å². The quantitative estimate of drug-likeness (QED) is 0.821. The van der Waals surface area contributed by atoms with Crippen LogP contribution < -0.4 is 5.56 Å². The molecule has 0 spiro atoms. The molecule has 18 heavy (non-hydrogen) atoms. The zero-order chi connectivity index (χ0) is 13.9. The first-order chi connectivity index (χ1) is 8.32. The van der Waals surface area contributed by atoms with Gasteiger partial charge in [0.2, 0.25) is 5.56 Å². The summed E-state index contributed by atoms with van der Waals surface area (Å²) >= 11 is 0. The largest absolute Gasteiger partial charge is 0.480 e. The molecule has 6 heteroatoms. The maximum Gasteiger partial charge on any atom is 0.323 e. The molecule has 0 aromatic carbocycles.